The van der Waals surface area contributed by atoms with Gasteiger partial charge in [0.25, 0.3) is 0 Å². The van der Waals surface area contributed by atoms with Gasteiger partial charge in [0.2, 0.25) is 0 Å². The second kappa shape index (κ2) is 9.86. The second-order valence-electron chi connectivity index (χ2n) is 11.3. The van der Waals surface area contributed by atoms with E-state index >= 15 is 0 Å². The van der Waals surface area contributed by atoms with Gasteiger partial charge in [-0.05, 0) is 85.9 Å². The molecule has 0 aliphatic heterocycles. The number of benzene rings is 8. The van der Waals surface area contributed by atoms with E-state index in [2.05, 4.69) is 157 Å². The molecule has 0 fully saturated rings. The van der Waals surface area contributed by atoms with Gasteiger partial charge in [-0.3, -0.25) is 0 Å². The highest BCUT2D eigenvalue weighted by Crippen LogP contribution is 2.43. The number of furan rings is 1. The smallest absolute Gasteiger partial charge is 0.137 e. The first kappa shape index (κ1) is 24.7. The molecule has 206 valence electrons. The molecule has 2 heteroatoms. The van der Waals surface area contributed by atoms with Crippen LogP contribution < -0.4 is 4.90 Å². The number of para-hydroxylation sites is 2. The molecule has 0 saturated heterocycles. The average Bonchev–Trinajstić information content (AvgIpc) is 3.48. The van der Waals surface area contributed by atoms with Crippen LogP contribution in [0.15, 0.2) is 168 Å². The zero-order chi connectivity index (χ0) is 29.0. The van der Waals surface area contributed by atoms with Crippen LogP contribution in [0.3, 0.4) is 0 Å². The van der Waals surface area contributed by atoms with Crippen molar-refractivity contribution in [1.29, 1.82) is 0 Å². The molecule has 44 heavy (non-hydrogen) atoms. The summed E-state index contributed by atoms with van der Waals surface area (Å²) in [5.74, 6) is 0. The molecule has 9 rings (SSSR count). The van der Waals surface area contributed by atoms with Crippen molar-refractivity contribution in [2.24, 2.45) is 0 Å². The first-order valence-corrected chi connectivity index (χ1v) is 15.0. The van der Waals surface area contributed by atoms with E-state index in [1.54, 1.807) is 0 Å². The molecule has 2 nitrogen and oxygen atoms in total. The van der Waals surface area contributed by atoms with Crippen molar-refractivity contribution in [2.45, 2.75) is 0 Å². The van der Waals surface area contributed by atoms with Crippen LogP contribution in [-0.4, -0.2) is 0 Å². The maximum Gasteiger partial charge on any atom is 0.137 e. The molecule has 1 heterocycles. The molecule has 0 amide bonds. The molecule has 0 aliphatic rings. The Hall–Kier alpha value is -5.86. The largest absolute Gasteiger partial charge is 0.456 e. The van der Waals surface area contributed by atoms with E-state index in [0.29, 0.717) is 0 Å². The summed E-state index contributed by atoms with van der Waals surface area (Å²) in [5.41, 5.74) is 7.50. The van der Waals surface area contributed by atoms with Crippen LogP contribution in [0.1, 0.15) is 0 Å². The van der Waals surface area contributed by atoms with Gasteiger partial charge in [-0.1, -0.05) is 121 Å². The Balaban J connectivity index is 1.20. The summed E-state index contributed by atoms with van der Waals surface area (Å²) in [7, 11) is 0. The van der Waals surface area contributed by atoms with E-state index < -0.39 is 0 Å². The lowest BCUT2D eigenvalue weighted by Crippen LogP contribution is -2.10. The predicted octanol–water partition coefficient (Wildman–Crippen LogP) is 12.2. The summed E-state index contributed by atoms with van der Waals surface area (Å²) in [4.78, 5) is 2.33. The highest BCUT2D eigenvalue weighted by molar-refractivity contribution is 6.19. The van der Waals surface area contributed by atoms with Crippen molar-refractivity contribution in [1.82, 2.24) is 0 Å². The molecule has 0 spiro atoms. The Morgan fingerprint density at radius 3 is 1.86 bits per heavy atom. The van der Waals surface area contributed by atoms with Gasteiger partial charge in [0.05, 0.1) is 11.1 Å². The zero-order valence-electron chi connectivity index (χ0n) is 23.9. The molecular formula is C42H27NO. The number of anilines is 3. The van der Waals surface area contributed by atoms with Crippen molar-refractivity contribution in [3.05, 3.63) is 164 Å². The average molecular weight is 562 g/mol. The molecule has 0 saturated carbocycles. The lowest BCUT2D eigenvalue weighted by Gasteiger charge is -2.26. The van der Waals surface area contributed by atoms with E-state index in [0.717, 1.165) is 39.0 Å². The van der Waals surface area contributed by atoms with Gasteiger partial charge in [0.1, 0.15) is 11.2 Å². The summed E-state index contributed by atoms with van der Waals surface area (Å²) in [6.07, 6.45) is 0. The van der Waals surface area contributed by atoms with Crippen LogP contribution in [-0.2, 0) is 0 Å². The quantitative estimate of drug-likeness (QED) is 0.199. The molecule has 0 N–H and O–H groups in total. The molecule has 9 aromatic rings. The third-order valence-electron chi connectivity index (χ3n) is 8.86. The van der Waals surface area contributed by atoms with Gasteiger partial charge >= 0.3 is 0 Å². The van der Waals surface area contributed by atoms with Crippen molar-refractivity contribution in [2.75, 3.05) is 4.90 Å². The highest BCUT2D eigenvalue weighted by atomic mass is 16.3. The topological polar surface area (TPSA) is 16.4 Å². The summed E-state index contributed by atoms with van der Waals surface area (Å²) in [6, 6.07) is 58.5. The van der Waals surface area contributed by atoms with Crippen LogP contribution in [0.4, 0.5) is 17.1 Å². The first-order valence-electron chi connectivity index (χ1n) is 15.0. The third kappa shape index (κ3) is 3.82. The Morgan fingerprint density at radius 2 is 0.977 bits per heavy atom. The Bertz CT molecular complexity index is 2490. The standard InChI is InChI=1S/C42H27NO/c1-2-11-30(12-3-1)43(39-17-9-19-41-42(39)38-14-6-7-18-40(38)44-41)31-23-20-29(21-24-31)33-15-8-16-34-35(33)26-27-36-32-13-5-4-10-28(32)22-25-37(34)36/h1-27H. The molecule has 1 aromatic heterocycles. The van der Waals surface area contributed by atoms with Crippen LogP contribution in [0.25, 0.3) is 65.4 Å². The SMILES string of the molecule is c1ccc(N(c2ccc(-c3cccc4c3ccc3c5ccccc5ccc43)cc2)c2cccc3oc4ccccc4c23)cc1. The molecule has 0 aliphatic carbocycles. The van der Waals surface area contributed by atoms with Crippen LogP contribution >= 0.6 is 0 Å². The number of hydrogen-bond acceptors (Lipinski definition) is 2. The molecular weight excluding hydrogens is 534 g/mol. The number of rotatable bonds is 4. The van der Waals surface area contributed by atoms with Crippen molar-refractivity contribution in [3.8, 4) is 11.1 Å². The Kier molecular flexibility index (Phi) is 5.54. The monoisotopic (exact) mass is 561 g/mol. The van der Waals surface area contributed by atoms with Crippen LogP contribution in [0, 0.1) is 0 Å². The number of hydrogen-bond donors (Lipinski definition) is 0. The summed E-state index contributed by atoms with van der Waals surface area (Å²) in [6.45, 7) is 0. The molecule has 0 bridgehead atoms. The van der Waals surface area contributed by atoms with Crippen molar-refractivity contribution in [3.63, 3.8) is 0 Å². The summed E-state index contributed by atoms with van der Waals surface area (Å²) >= 11 is 0. The normalized spacial score (nSPS) is 11.6. The van der Waals surface area contributed by atoms with E-state index in [4.69, 9.17) is 4.42 Å². The zero-order valence-corrected chi connectivity index (χ0v) is 23.9. The Morgan fingerprint density at radius 1 is 0.364 bits per heavy atom. The van der Waals surface area contributed by atoms with Gasteiger partial charge in [-0.2, -0.15) is 0 Å². The highest BCUT2D eigenvalue weighted by Gasteiger charge is 2.19. The summed E-state index contributed by atoms with van der Waals surface area (Å²) < 4.78 is 6.26. The van der Waals surface area contributed by atoms with Gasteiger partial charge in [0.15, 0.2) is 0 Å². The maximum atomic E-state index is 6.26. The lowest BCUT2D eigenvalue weighted by atomic mass is 9.92. The van der Waals surface area contributed by atoms with Gasteiger partial charge in [-0.25, -0.2) is 0 Å². The van der Waals surface area contributed by atoms with Gasteiger partial charge in [-0.15, -0.1) is 0 Å². The number of nitrogens with zero attached hydrogens (tertiary/aromatic N) is 1. The fourth-order valence-electron chi connectivity index (χ4n) is 6.84. The summed E-state index contributed by atoms with van der Waals surface area (Å²) in [5, 5.41) is 9.92. The fraction of sp³-hybridized carbons (Fsp3) is 0. The lowest BCUT2D eigenvalue weighted by molar-refractivity contribution is 0.669. The minimum atomic E-state index is 0.886. The van der Waals surface area contributed by atoms with Crippen molar-refractivity contribution >= 4 is 71.3 Å². The predicted molar refractivity (Wildman–Crippen MR) is 186 cm³/mol. The van der Waals surface area contributed by atoms with Gasteiger partial charge in [0, 0.05) is 16.8 Å². The van der Waals surface area contributed by atoms with E-state index in [-0.39, 0.29) is 0 Å². The van der Waals surface area contributed by atoms with E-state index in [1.165, 1.54) is 43.4 Å². The van der Waals surface area contributed by atoms with E-state index in [1.807, 2.05) is 12.1 Å². The van der Waals surface area contributed by atoms with E-state index in [9.17, 15) is 0 Å². The molecule has 0 atom stereocenters. The fourth-order valence-corrected chi connectivity index (χ4v) is 6.84. The van der Waals surface area contributed by atoms with Crippen LogP contribution in [0.5, 0.6) is 0 Å². The third-order valence-corrected chi connectivity index (χ3v) is 8.86. The molecule has 0 radical (unpaired) electrons. The van der Waals surface area contributed by atoms with Crippen LogP contribution in [0.2, 0.25) is 0 Å². The maximum absolute atomic E-state index is 6.26. The number of fused-ring (bicyclic) bond motifs is 8. The molecule has 8 aromatic carbocycles. The van der Waals surface area contributed by atoms with Crippen molar-refractivity contribution < 1.29 is 4.42 Å². The Labute approximate surface area is 255 Å². The van der Waals surface area contributed by atoms with Gasteiger partial charge < -0.3 is 9.32 Å². The molecule has 0 unspecified atom stereocenters. The minimum absolute atomic E-state index is 0.886. The second-order valence-corrected chi connectivity index (χ2v) is 11.3. The first-order chi connectivity index (χ1) is 21.8. The minimum Gasteiger partial charge on any atom is -0.456 e.